The van der Waals surface area contributed by atoms with Crippen molar-refractivity contribution in [1.82, 2.24) is 4.98 Å². The number of rotatable bonds is 8. The summed E-state index contributed by atoms with van der Waals surface area (Å²) in [4.78, 5) is 18.3. The van der Waals surface area contributed by atoms with Gasteiger partial charge < -0.3 is 10.1 Å². The summed E-state index contributed by atoms with van der Waals surface area (Å²) in [7, 11) is -3.45. The molecule has 0 saturated heterocycles. The molecule has 0 bridgehead atoms. The van der Waals surface area contributed by atoms with Gasteiger partial charge in [0.1, 0.15) is 12.1 Å². The van der Waals surface area contributed by atoms with E-state index in [1.807, 2.05) is 6.92 Å². The monoisotopic (exact) mass is 484 g/mol. The van der Waals surface area contributed by atoms with E-state index in [0.29, 0.717) is 17.5 Å². The average Bonchev–Trinajstić information content (AvgIpc) is 3.30. The highest BCUT2D eigenvalue weighted by molar-refractivity contribution is 7.90. The molecule has 1 saturated carbocycles. The van der Waals surface area contributed by atoms with Gasteiger partial charge in [-0.3, -0.25) is 0 Å². The van der Waals surface area contributed by atoms with Crippen molar-refractivity contribution in [3.05, 3.63) is 28.9 Å². The van der Waals surface area contributed by atoms with Crippen LogP contribution in [0.1, 0.15) is 51.6 Å². The quantitative estimate of drug-likeness (QED) is 0.499. The molecule has 1 aromatic heterocycles. The number of nitrogens with zero attached hydrogens (tertiary/aromatic N) is 1. The molecule has 31 heavy (non-hydrogen) atoms. The van der Waals surface area contributed by atoms with Crippen molar-refractivity contribution in [3.8, 4) is 10.4 Å². The van der Waals surface area contributed by atoms with E-state index in [1.165, 1.54) is 11.3 Å². The molecule has 0 amide bonds. The summed E-state index contributed by atoms with van der Waals surface area (Å²) in [5.74, 6) is 0.0728. The van der Waals surface area contributed by atoms with Crippen molar-refractivity contribution in [2.75, 3.05) is 11.6 Å². The van der Waals surface area contributed by atoms with Crippen molar-refractivity contribution in [2.45, 2.75) is 69.9 Å². The minimum atomic E-state index is -3.45. The molecule has 1 fully saturated rings. The molecule has 1 atom stereocenters. The number of hydrogen-bond acceptors (Lipinski definition) is 7. The van der Waals surface area contributed by atoms with Crippen LogP contribution < -0.4 is 5.32 Å². The van der Waals surface area contributed by atoms with Gasteiger partial charge in [-0.05, 0) is 62.6 Å². The molecule has 1 heterocycles. The Morgan fingerprint density at radius 2 is 2.00 bits per heavy atom. The SMILES string of the molecule is Cc1nc(N[C@@H](CC(C)C)C(=O)OC2CCCC2)sc1-c1ccc(Cl)c(S(C)(=O)=O)c1. The fraction of sp³-hybridized carbons (Fsp3) is 0.545. The molecule has 9 heteroatoms. The number of hydrogen-bond donors (Lipinski definition) is 1. The molecular formula is C22H29ClN2O4S2. The zero-order chi connectivity index (χ0) is 22.8. The number of ether oxygens (including phenoxy) is 1. The first-order valence-corrected chi connectivity index (χ1v) is 13.6. The Labute approximate surface area is 193 Å². The highest BCUT2D eigenvalue weighted by Gasteiger charge is 2.27. The highest BCUT2D eigenvalue weighted by atomic mass is 35.5. The van der Waals surface area contributed by atoms with Crippen LogP contribution in [0, 0.1) is 12.8 Å². The van der Waals surface area contributed by atoms with Gasteiger partial charge in [-0.15, -0.1) is 0 Å². The molecule has 170 valence electrons. The normalized spacial score (nSPS) is 15.9. The van der Waals surface area contributed by atoms with Gasteiger partial charge in [-0.1, -0.05) is 42.9 Å². The molecular weight excluding hydrogens is 456 g/mol. The highest BCUT2D eigenvalue weighted by Crippen LogP contribution is 2.36. The standard InChI is InChI=1S/C22H29ClN2O4S2/c1-13(2)11-18(21(26)29-16-7-5-6-8-16)25-22-24-14(3)20(30-22)15-9-10-17(23)19(12-15)31(4,27)28/h9-10,12-13,16,18H,5-8,11H2,1-4H3,(H,24,25)/t18-/m0/s1. The van der Waals surface area contributed by atoms with Crippen LogP contribution in [0.2, 0.25) is 5.02 Å². The summed E-state index contributed by atoms with van der Waals surface area (Å²) in [5.41, 5.74) is 1.48. The van der Waals surface area contributed by atoms with E-state index in [2.05, 4.69) is 24.1 Å². The van der Waals surface area contributed by atoms with Crippen molar-refractivity contribution in [2.24, 2.45) is 5.92 Å². The molecule has 1 N–H and O–H groups in total. The van der Waals surface area contributed by atoms with Gasteiger partial charge in [0.15, 0.2) is 15.0 Å². The smallest absolute Gasteiger partial charge is 0.328 e. The van der Waals surface area contributed by atoms with Crippen molar-refractivity contribution < 1.29 is 17.9 Å². The van der Waals surface area contributed by atoms with Crippen LogP contribution in [-0.4, -0.2) is 37.8 Å². The maximum Gasteiger partial charge on any atom is 0.328 e. The number of nitrogens with one attached hydrogen (secondary N) is 1. The first-order chi connectivity index (χ1) is 14.5. The van der Waals surface area contributed by atoms with Gasteiger partial charge in [-0.2, -0.15) is 0 Å². The Morgan fingerprint density at radius 3 is 2.61 bits per heavy atom. The van der Waals surface area contributed by atoms with E-state index in [1.54, 1.807) is 18.2 Å². The van der Waals surface area contributed by atoms with Crippen molar-refractivity contribution >= 4 is 43.9 Å². The molecule has 0 unspecified atom stereocenters. The first-order valence-electron chi connectivity index (χ1n) is 10.5. The first kappa shape index (κ1) is 24.0. The summed E-state index contributed by atoms with van der Waals surface area (Å²) < 4.78 is 29.8. The van der Waals surface area contributed by atoms with Crippen LogP contribution in [0.4, 0.5) is 5.13 Å². The second-order valence-electron chi connectivity index (χ2n) is 8.52. The van der Waals surface area contributed by atoms with Crippen LogP contribution in [0.25, 0.3) is 10.4 Å². The van der Waals surface area contributed by atoms with Gasteiger partial charge in [0.2, 0.25) is 0 Å². The lowest BCUT2D eigenvalue weighted by Crippen LogP contribution is -2.34. The lowest BCUT2D eigenvalue weighted by atomic mass is 10.0. The van der Waals surface area contributed by atoms with E-state index >= 15 is 0 Å². The molecule has 6 nitrogen and oxygen atoms in total. The van der Waals surface area contributed by atoms with Crippen molar-refractivity contribution in [3.63, 3.8) is 0 Å². The number of anilines is 1. The van der Waals surface area contributed by atoms with Crippen LogP contribution in [0.3, 0.4) is 0 Å². The largest absolute Gasteiger partial charge is 0.461 e. The number of aromatic nitrogens is 1. The second kappa shape index (κ2) is 9.88. The fourth-order valence-electron chi connectivity index (χ4n) is 3.74. The Kier molecular flexibility index (Phi) is 7.65. The third-order valence-corrected chi connectivity index (χ3v) is 7.98. The fourth-order valence-corrected chi connectivity index (χ4v) is 6.06. The number of aryl methyl sites for hydroxylation is 1. The maximum absolute atomic E-state index is 12.8. The molecule has 1 aliphatic rings. The summed E-state index contributed by atoms with van der Waals surface area (Å²) in [6.07, 6.45) is 5.86. The summed E-state index contributed by atoms with van der Waals surface area (Å²) >= 11 is 7.47. The van der Waals surface area contributed by atoms with E-state index in [-0.39, 0.29) is 22.0 Å². The number of carbonyl (C=O) groups is 1. The van der Waals surface area contributed by atoms with E-state index < -0.39 is 15.9 Å². The van der Waals surface area contributed by atoms with E-state index in [0.717, 1.165) is 48.1 Å². The number of sulfone groups is 1. The average molecular weight is 485 g/mol. The number of esters is 1. The Balaban J connectivity index is 1.83. The molecule has 0 spiro atoms. The van der Waals surface area contributed by atoms with Crippen molar-refractivity contribution in [1.29, 1.82) is 0 Å². The predicted octanol–water partition coefficient (Wildman–Crippen LogP) is 5.49. The summed E-state index contributed by atoms with van der Waals surface area (Å²) in [6.45, 7) is 5.99. The summed E-state index contributed by atoms with van der Waals surface area (Å²) in [5, 5.41) is 4.06. The van der Waals surface area contributed by atoms with Gasteiger partial charge in [-0.25, -0.2) is 18.2 Å². The van der Waals surface area contributed by atoms with Crippen LogP contribution in [0.5, 0.6) is 0 Å². The number of halogens is 1. The van der Waals surface area contributed by atoms with Crippen LogP contribution in [0.15, 0.2) is 23.1 Å². The lowest BCUT2D eigenvalue weighted by Gasteiger charge is -2.21. The molecule has 0 aliphatic heterocycles. The third kappa shape index (κ3) is 6.20. The number of carbonyl (C=O) groups excluding carboxylic acids is 1. The van der Waals surface area contributed by atoms with E-state index in [4.69, 9.17) is 16.3 Å². The van der Waals surface area contributed by atoms with Crippen LogP contribution in [-0.2, 0) is 19.4 Å². The van der Waals surface area contributed by atoms with Gasteiger partial charge in [0.05, 0.1) is 20.5 Å². The summed E-state index contributed by atoms with van der Waals surface area (Å²) in [6, 6.07) is 4.46. The Bertz CT molecular complexity index is 1040. The molecule has 2 aromatic rings. The number of benzene rings is 1. The molecule has 1 aliphatic carbocycles. The topological polar surface area (TPSA) is 85.4 Å². The number of thiazole rings is 1. The van der Waals surface area contributed by atoms with E-state index in [9.17, 15) is 13.2 Å². The van der Waals surface area contributed by atoms with Gasteiger partial charge in [0, 0.05) is 6.26 Å². The molecule has 0 radical (unpaired) electrons. The minimum Gasteiger partial charge on any atom is -0.461 e. The van der Waals surface area contributed by atoms with Gasteiger partial charge >= 0.3 is 5.97 Å². The Morgan fingerprint density at radius 1 is 1.32 bits per heavy atom. The van der Waals surface area contributed by atoms with Gasteiger partial charge in [0.25, 0.3) is 0 Å². The Hall–Kier alpha value is -1.64. The molecule has 3 rings (SSSR count). The van der Waals surface area contributed by atoms with Crippen LogP contribution >= 0.6 is 22.9 Å². The second-order valence-corrected chi connectivity index (χ2v) is 11.9. The third-order valence-electron chi connectivity index (χ3n) is 5.26. The minimum absolute atomic E-state index is 0.0148. The maximum atomic E-state index is 12.8. The predicted molar refractivity (Wildman–Crippen MR) is 126 cm³/mol. The molecule has 1 aromatic carbocycles. The zero-order valence-electron chi connectivity index (χ0n) is 18.3. The lowest BCUT2D eigenvalue weighted by molar-refractivity contribution is -0.150. The zero-order valence-corrected chi connectivity index (χ0v) is 20.7.